The SMILES string of the molecule is CC(=O)CN1CC(=O)N(C)C(=O)CC1=O. The lowest BCUT2D eigenvalue weighted by molar-refractivity contribution is -0.141. The topological polar surface area (TPSA) is 74.8 Å². The fraction of sp³-hybridized carbons (Fsp3) is 0.556. The van der Waals surface area contributed by atoms with Gasteiger partial charge in [0.2, 0.25) is 17.7 Å². The molecule has 0 aromatic carbocycles. The first kappa shape index (κ1) is 11.4. The lowest BCUT2D eigenvalue weighted by Gasteiger charge is -2.17. The number of nitrogens with zero attached hydrogens (tertiary/aromatic N) is 2. The van der Waals surface area contributed by atoms with E-state index in [2.05, 4.69) is 0 Å². The Labute approximate surface area is 86.8 Å². The minimum atomic E-state index is -0.531. The molecule has 0 unspecified atom stereocenters. The summed E-state index contributed by atoms with van der Waals surface area (Å²) < 4.78 is 0. The smallest absolute Gasteiger partial charge is 0.248 e. The molecule has 0 saturated carbocycles. The molecule has 6 nitrogen and oxygen atoms in total. The molecule has 0 spiro atoms. The van der Waals surface area contributed by atoms with E-state index in [4.69, 9.17) is 0 Å². The van der Waals surface area contributed by atoms with Crippen LogP contribution in [0.5, 0.6) is 0 Å². The molecule has 0 atom stereocenters. The molecule has 1 heterocycles. The minimum Gasteiger partial charge on any atom is -0.326 e. The zero-order valence-corrected chi connectivity index (χ0v) is 8.65. The number of hydrogen-bond donors (Lipinski definition) is 0. The second-order valence-electron chi connectivity index (χ2n) is 3.48. The molecule has 1 saturated heterocycles. The van der Waals surface area contributed by atoms with Crippen LogP contribution in [0.4, 0.5) is 0 Å². The second-order valence-corrected chi connectivity index (χ2v) is 3.48. The van der Waals surface area contributed by atoms with E-state index in [-0.39, 0.29) is 25.3 Å². The fourth-order valence-electron chi connectivity index (χ4n) is 1.27. The number of carbonyl (C=O) groups is 4. The van der Waals surface area contributed by atoms with Crippen molar-refractivity contribution < 1.29 is 19.2 Å². The highest BCUT2D eigenvalue weighted by atomic mass is 16.2. The molecule has 0 bridgehead atoms. The Balaban J connectivity index is 2.83. The molecule has 1 aliphatic rings. The lowest BCUT2D eigenvalue weighted by Crippen LogP contribution is -2.39. The third-order valence-electron chi connectivity index (χ3n) is 2.14. The van der Waals surface area contributed by atoms with Crippen LogP contribution in [-0.4, -0.2) is 53.4 Å². The number of Topliss-reactive ketones (excluding diaryl/α,β-unsaturated/α-hetero) is 1. The first-order chi connectivity index (χ1) is 6.91. The third kappa shape index (κ3) is 2.61. The summed E-state index contributed by atoms with van der Waals surface area (Å²) >= 11 is 0. The average Bonchev–Trinajstić information content (AvgIpc) is 2.20. The Kier molecular flexibility index (Phi) is 3.18. The molecule has 6 heteroatoms. The van der Waals surface area contributed by atoms with Gasteiger partial charge in [-0.15, -0.1) is 0 Å². The van der Waals surface area contributed by atoms with E-state index >= 15 is 0 Å². The summed E-state index contributed by atoms with van der Waals surface area (Å²) in [6.07, 6.45) is -0.352. The number of imide groups is 1. The highest BCUT2D eigenvalue weighted by molar-refractivity contribution is 6.08. The highest BCUT2D eigenvalue weighted by Gasteiger charge is 2.30. The summed E-state index contributed by atoms with van der Waals surface area (Å²) in [5.41, 5.74) is 0. The maximum atomic E-state index is 11.4. The van der Waals surface area contributed by atoms with E-state index in [9.17, 15) is 19.2 Å². The summed E-state index contributed by atoms with van der Waals surface area (Å²) in [4.78, 5) is 46.9. The van der Waals surface area contributed by atoms with Gasteiger partial charge in [0, 0.05) is 7.05 Å². The third-order valence-corrected chi connectivity index (χ3v) is 2.14. The number of rotatable bonds is 2. The molecule has 15 heavy (non-hydrogen) atoms. The van der Waals surface area contributed by atoms with Gasteiger partial charge in [-0.2, -0.15) is 0 Å². The van der Waals surface area contributed by atoms with Gasteiger partial charge in [-0.3, -0.25) is 24.1 Å². The minimum absolute atomic E-state index is 0.119. The van der Waals surface area contributed by atoms with Crippen LogP contribution in [0.1, 0.15) is 13.3 Å². The van der Waals surface area contributed by atoms with Crippen molar-refractivity contribution in [3.63, 3.8) is 0 Å². The van der Waals surface area contributed by atoms with Gasteiger partial charge in [-0.25, -0.2) is 0 Å². The van der Waals surface area contributed by atoms with E-state index < -0.39 is 17.7 Å². The standard InChI is InChI=1S/C9H12N2O4/c1-6(12)4-11-5-9(15)10(2)7(13)3-8(11)14/h3-5H2,1-2H3. The van der Waals surface area contributed by atoms with Gasteiger partial charge in [0.15, 0.2) is 0 Å². The van der Waals surface area contributed by atoms with Crippen molar-refractivity contribution in [3.05, 3.63) is 0 Å². The van der Waals surface area contributed by atoms with E-state index in [0.717, 1.165) is 9.80 Å². The van der Waals surface area contributed by atoms with Gasteiger partial charge < -0.3 is 4.90 Å². The molecular formula is C9H12N2O4. The van der Waals surface area contributed by atoms with Gasteiger partial charge in [0.25, 0.3) is 0 Å². The predicted molar refractivity (Wildman–Crippen MR) is 49.7 cm³/mol. The van der Waals surface area contributed by atoms with Crippen LogP contribution < -0.4 is 0 Å². The molecule has 3 amide bonds. The van der Waals surface area contributed by atoms with Crippen LogP contribution >= 0.6 is 0 Å². The van der Waals surface area contributed by atoms with Crippen LogP contribution in [0.15, 0.2) is 0 Å². The average molecular weight is 212 g/mol. The molecule has 0 aromatic rings. The quantitative estimate of drug-likeness (QED) is 0.425. The molecule has 1 rings (SSSR count). The fourth-order valence-corrected chi connectivity index (χ4v) is 1.27. The first-order valence-electron chi connectivity index (χ1n) is 4.48. The van der Waals surface area contributed by atoms with Gasteiger partial charge >= 0.3 is 0 Å². The Bertz CT molecular complexity index is 337. The lowest BCUT2D eigenvalue weighted by atomic mass is 10.3. The van der Waals surface area contributed by atoms with E-state index in [0.29, 0.717) is 0 Å². The van der Waals surface area contributed by atoms with Gasteiger partial charge in [-0.05, 0) is 6.92 Å². The van der Waals surface area contributed by atoms with Gasteiger partial charge in [-0.1, -0.05) is 0 Å². The molecule has 0 aliphatic carbocycles. The number of carbonyl (C=O) groups excluding carboxylic acids is 4. The maximum Gasteiger partial charge on any atom is 0.248 e. The van der Waals surface area contributed by atoms with Gasteiger partial charge in [0.05, 0.1) is 6.54 Å². The summed E-state index contributed by atoms with van der Waals surface area (Å²) in [6, 6.07) is 0. The van der Waals surface area contributed by atoms with Crippen molar-refractivity contribution >= 4 is 23.5 Å². The Hall–Kier alpha value is -1.72. The molecule has 0 N–H and O–H groups in total. The van der Waals surface area contributed by atoms with E-state index in [1.807, 2.05) is 0 Å². The number of amides is 3. The zero-order valence-electron chi connectivity index (χ0n) is 8.65. The number of hydrogen-bond acceptors (Lipinski definition) is 4. The van der Waals surface area contributed by atoms with Crippen molar-refractivity contribution in [2.45, 2.75) is 13.3 Å². The Morgan fingerprint density at radius 1 is 1.20 bits per heavy atom. The molecule has 0 aromatic heterocycles. The zero-order chi connectivity index (χ0) is 11.6. The molecule has 0 radical (unpaired) electrons. The summed E-state index contributed by atoms with van der Waals surface area (Å²) in [5, 5.41) is 0. The number of ketones is 1. The van der Waals surface area contributed by atoms with Crippen molar-refractivity contribution in [2.24, 2.45) is 0 Å². The molecule has 1 fully saturated rings. The Morgan fingerprint density at radius 2 is 1.80 bits per heavy atom. The first-order valence-corrected chi connectivity index (χ1v) is 4.48. The monoisotopic (exact) mass is 212 g/mol. The molecule has 1 aliphatic heterocycles. The van der Waals surface area contributed by atoms with Crippen molar-refractivity contribution in [1.29, 1.82) is 0 Å². The van der Waals surface area contributed by atoms with E-state index in [1.54, 1.807) is 0 Å². The normalized spacial score (nSPS) is 18.1. The largest absolute Gasteiger partial charge is 0.326 e. The van der Waals surface area contributed by atoms with Crippen LogP contribution in [0.3, 0.4) is 0 Å². The number of likely N-dealkylation sites (N-methyl/N-ethyl adjacent to an activating group) is 1. The van der Waals surface area contributed by atoms with Crippen LogP contribution in [0.25, 0.3) is 0 Å². The van der Waals surface area contributed by atoms with Crippen LogP contribution in [-0.2, 0) is 19.2 Å². The summed E-state index contributed by atoms with van der Waals surface area (Å²) in [5.74, 6) is -1.69. The van der Waals surface area contributed by atoms with Crippen LogP contribution in [0.2, 0.25) is 0 Å². The van der Waals surface area contributed by atoms with Crippen molar-refractivity contribution in [2.75, 3.05) is 20.1 Å². The molecule has 82 valence electrons. The predicted octanol–water partition coefficient (Wildman–Crippen LogP) is -1.21. The summed E-state index contributed by atoms with van der Waals surface area (Å²) in [7, 11) is 1.33. The highest BCUT2D eigenvalue weighted by Crippen LogP contribution is 2.05. The molecular weight excluding hydrogens is 200 g/mol. The Morgan fingerprint density at radius 3 is 2.33 bits per heavy atom. The van der Waals surface area contributed by atoms with Gasteiger partial charge in [0.1, 0.15) is 18.7 Å². The van der Waals surface area contributed by atoms with Crippen LogP contribution in [0, 0.1) is 0 Å². The van der Waals surface area contributed by atoms with Crippen molar-refractivity contribution in [3.8, 4) is 0 Å². The van der Waals surface area contributed by atoms with Crippen molar-refractivity contribution in [1.82, 2.24) is 9.80 Å². The second kappa shape index (κ2) is 4.20. The summed E-state index contributed by atoms with van der Waals surface area (Å²) in [6.45, 7) is 1.00. The maximum absolute atomic E-state index is 11.4. The van der Waals surface area contributed by atoms with E-state index in [1.165, 1.54) is 14.0 Å².